The van der Waals surface area contributed by atoms with E-state index in [1.807, 2.05) is 13.0 Å². The van der Waals surface area contributed by atoms with Crippen LogP contribution in [0.4, 0.5) is 10.5 Å². The van der Waals surface area contributed by atoms with Crippen LogP contribution >= 0.6 is 0 Å². The summed E-state index contributed by atoms with van der Waals surface area (Å²) in [6, 6.07) is 4.88. The molecular weight excluding hydrogens is 506 g/mol. The summed E-state index contributed by atoms with van der Waals surface area (Å²) < 4.78 is 27.8. The molecule has 2 saturated heterocycles. The van der Waals surface area contributed by atoms with Crippen molar-refractivity contribution in [3.05, 3.63) is 41.0 Å². The van der Waals surface area contributed by atoms with E-state index in [1.165, 1.54) is 14.8 Å². The predicted octanol–water partition coefficient (Wildman–Crippen LogP) is 2.42. The number of anilines is 1. The molecule has 3 heterocycles. The number of sulfonamides is 1. The summed E-state index contributed by atoms with van der Waals surface area (Å²) >= 11 is 0. The highest BCUT2D eigenvalue weighted by Gasteiger charge is 2.48. The molecule has 1 aromatic rings. The number of carbonyl (C=O) groups is 3. The van der Waals surface area contributed by atoms with E-state index in [0.29, 0.717) is 24.9 Å². The Hall–Kier alpha value is -3.05. The Morgan fingerprint density at radius 3 is 2.42 bits per heavy atom. The molecule has 3 aliphatic heterocycles. The van der Waals surface area contributed by atoms with Crippen LogP contribution in [0.1, 0.15) is 56.6 Å². The fraction of sp³-hybridized carbons (Fsp3) is 0.556. The van der Waals surface area contributed by atoms with Crippen LogP contribution in [-0.2, 0) is 26.0 Å². The maximum Gasteiger partial charge on any atom is 0.329 e. The number of nitrogens with zero attached hydrogens (tertiary/aromatic N) is 3. The van der Waals surface area contributed by atoms with Gasteiger partial charge < -0.3 is 5.32 Å². The molecule has 1 aromatic carbocycles. The van der Waals surface area contributed by atoms with Crippen molar-refractivity contribution in [2.75, 3.05) is 30.3 Å². The molecule has 1 spiro atoms. The molecule has 0 bridgehead atoms. The number of carbonyl (C=O) groups excluding carboxylic acids is 3. The Morgan fingerprint density at radius 2 is 1.82 bits per heavy atom. The van der Waals surface area contributed by atoms with Gasteiger partial charge in [-0.25, -0.2) is 17.5 Å². The van der Waals surface area contributed by atoms with Crippen molar-refractivity contribution in [1.82, 2.24) is 14.9 Å². The van der Waals surface area contributed by atoms with E-state index < -0.39 is 21.6 Å². The molecule has 38 heavy (non-hydrogen) atoms. The fourth-order valence-electron chi connectivity index (χ4n) is 5.91. The van der Waals surface area contributed by atoms with Gasteiger partial charge in [0.15, 0.2) is 0 Å². The van der Waals surface area contributed by atoms with Crippen molar-refractivity contribution in [3.63, 3.8) is 0 Å². The van der Waals surface area contributed by atoms with Crippen LogP contribution in [0.25, 0.3) is 0 Å². The summed E-state index contributed by atoms with van der Waals surface area (Å²) in [6.07, 6.45) is 7.32. The minimum Gasteiger partial charge on any atom is -0.312 e. The molecule has 4 amide bonds. The number of urea groups is 1. The third kappa shape index (κ3) is 5.13. The van der Waals surface area contributed by atoms with Gasteiger partial charge in [0.05, 0.1) is 5.75 Å². The van der Waals surface area contributed by atoms with Crippen LogP contribution in [0.2, 0.25) is 0 Å². The van der Waals surface area contributed by atoms with Crippen molar-refractivity contribution >= 4 is 39.4 Å². The summed E-state index contributed by atoms with van der Waals surface area (Å²) in [4.78, 5) is 42.6. The summed E-state index contributed by atoms with van der Waals surface area (Å²) in [5, 5.41) is 5.28. The second-order valence-corrected chi connectivity index (χ2v) is 12.8. The van der Waals surface area contributed by atoms with Crippen molar-refractivity contribution in [2.45, 2.75) is 64.3 Å². The van der Waals surface area contributed by atoms with Crippen molar-refractivity contribution in [1.29, 1.82) is 0 Å². The fourth-order valence-corrected chi connectivity index (χ4v) is 7.38. The Balaban J connectivity index is 1.18. The van der Waals surface area contributed by atoms with Gasteiger partial charge in [0, 0.05) is 24.7 Å². The minimum atomic E-state index is -3.52. The molecule has 1 aliphatic carbocycles. The molecule has 11 heteroatoms. The van der Waals surface area contributed by atoms with Gasteiger partial charge in [-0.3, -0.25) is 24.8 Å². The molecule has 5 rings (SSSR count). The highest BCUT2D eigenvalue weighted by molar-refractivity contribution is 7.89. The van der Waals surface area contributed by atoms with E-state index in [4.69, 9.17) is 4.99 Å². The normalized spacial score (nSPS) is 24.0. The summed E-state index contributed by atoms with van der Waals surface area (Å²) in [5.41, 5.74) is 2.94. The summed E-state index contributed by atoms with van der Waals surface area (Å²) in [7, 11) is -3.52. The lowest BCUT2D eigenvalue weighted by Crippen LogP contribution is -2.51. The van der Waals surface area contributed by atoms with E-state index >= 15 is 0 Å². The first-order valence-electron chi connectivity index (χ1n) is 13.3. The topological polar surface area (TPSA) is 128 Å². The minimum absolute atomic E-state index is 0.0240. The largest absolute Gasteiger partial charge is 0.329 e. The number of allylic oxidation sites excluding steroid dienone is 2. The average molecular weight is 542 g/mol. The number of benzene rings is 1. The standard InChI is InChI=1S/C27H35N5O5S/c1-3-19-4-6-21(7-5-19)24-29-25(34)27(30-24)11-13-31(14-12-27)38(36,37)15-10-20-8-9-22(16-18(20)2)32-17-23(33)28-26(32)35/h3,8-9,16,21H,4-7,10-15,17H2,1-2H3,(H,28,33,35)(H,29,30,34). The van der Waals surface area contributed by atoms with Gasteiger partial charge in [-0.15, -0.1) is 0 Å². The molecule has 0 unspecified atom stereocenters. The molecule has 0 aromatic heterocycles. The number of aliphatic imine (C=N–C) groups is 1. The highest BCUT2D eigenvalue weighted by Crippen LogP contribution is 2.36. The lowest BCUT2D eigenvalue weighted by Gasteiger charge is -2.34. The molecule has 3 fully saturated rings. The van der Waals surface area contributed by atoms with Gasteiger partial charge in [-0.2, -0.15) is 0 Å². The summed E-state index contributed by atoms with van der Waals surface area (Å²) in [5.74, 6) is 0.569. The van der Waals surface area contributed by atoms with Gasteiger partial charge in [0.25, 0.3) is 5.91 Å². The van der Waals surface area contributed by atoms with Gasteiger partial charge in [0.1, 0.15) is 17.9 Å². The average Bonchev–Trinajstić information content (AvgIpc) is 3.41. The maximum atomic E-state index is 13.2. The maximum absolute atomic E-state index is 13.2. The molecular formula is C27H35N5O5S. The van der Waals surface area contributed by atoms with Crippen LogP contribution in [0.15, 0.2) is 34.8 Å². The van der Waals surface area contributed by atoms with Crippen molar-refractivity contribution in [3.8, 4) is 0 Å². The number of aryl methyl sites for hydroxylation is 2. The van der Waals surface area contributed by atoms with E-state index in [2.05, 4.69) is 23.6 Å². The number of nitrogens with one attached hydrogen (secondary N) is 2. The van der Waals surface area contributed by atoms with Crippen LogP contribution in [0.5, 0.6) is 0 Å². The van der Waals surface area contributed by atoms with Crippen LogP contribution in [0, 0.1) is 12.8 Å². The Morgan fingerprint density at radius 1 is 1.11 bits per heavy atom. The molecule has 0 atom stereocenters. The smallest absolute Gasteiger partial charge is 0.312 e. The van der Waals surface area contributed by atoms with Crippen LogP contribution < -0.4 is 15.5 Å². The quantitative estimate of drug-likeness (QED) is 0.422. The second kappa shape index (κ2) is 10.3. The number of amides is 4. The number of rotatable bonds is 6. The lowest BCUT2D eigenvalue weighted by molar-refractivity contribution is -0.125. The van der Waals surface area contributed by atoms with Crippen LogP contribution in [0.3, 0.4) is 0 Å². The SMILES string of the molecule is CC=C1CCC(C2=NC3(CCN(S(=O)(=O)CCc4ccc(N5CC(=O)NC5=O)cc4C)CC3)C(=O)N2)CC1. The molecule has 10 nitrogen and oxygen atoms in total. The first kappa shape index (κ1) is 26.6. The summed E-state index contributed by atoms with van der Waals surface area (Å²) in [6.45, 7) is 4.46. The van der Waals surface area contributed by atoms with Crippen LogP contribution in [-0.4, -0.2) is 67.3 Å². The van der Waals surface area contributed by atoms with Crippen molar-refractivity contribution < 1.29 is 22.8 Å². The van der Waals surface area contributed by atoms with E-state index in [-0.39, 0.29) is 43.1 Å². The third-order valence-corrected chi connectivity index (χ3v) is 10.3. The monoisotopic (exact) mass is 541 g/mol. The molecule has 4 aliphatic rings. The van der Waals surface area contributed by atoms with Gasteiger partial charge >= 0.3 is 6.03 Å². The first-order valence-corrected chi connectivity index (χ1v) is 14.9. The van der Waals surface area contributed by atoms with E-state index in [0.717, 1.165) is 42.6 Å². The molecule has 0 radical (unpaired) electrons. The zero-order valence-electron chi connectivity index (χ0n) is 22.0. The number of hydrogen-bond donors (Lipinski definition) is 2. The molecule has 2 N–H and O–H groups in total. The van der Waals surface area contributed by atoms with Gasteiger partial charge in [0.2, 0.25) is 15.9 Å². The van der Waals surface area contributed by atoms with Crippen molar-refractivity contribution in [2.24, 2.45) is 10.9 Å². The van der Waals surface area contributed by atoms with E-state index in [9.17, 15) is 22.8 Å². The Bertz CT molecular complexity index is 1320. The zero-order chi connectivity index (χ0) is 27.1. The number of amidine groups is 1. The third-order valence-electron chi connectivity index (χ3n) is 8.42. The second-order valence-electron chi connectivity index (χ2n) is 10.7. The number of piperidine rings is 1. The first-order chi connectivity index (χ1) is 18.1. The Labute approximate surface area is 223 Å². The van der Waals surface area contributed by atoms with Gasteiger partial charge in [-0.05, 0) is 82.1 Å². The Kier molecular flexibility index (Phi) is 7.17. The van der Waals surface area contributed by atoms with Gasteiger partial charge in [-0.1, -0.05) is 17.7 Å². The highest BCUT2D eigenvalue weighted by atomic mass is 32.2. The molecule has 204 valence electrons. The number of hydrogen-bond acceptors (Lipinski definition) is 6. The number of imide groups is 1. The van der Waals surface area contributed by atoms with E-state index in [1.54, 1.807) is 12.1 Å². The lowest BCUT2D eigenvalue weighted by atomic mass is 9.85. The molecule has 1 saturated carbocycles. The zero-order valence-corrected chi connectivity index (χ0v) is 22.8. The predicted molar refractivity (Wildman–Crippen MR) is 144 cm³/mol.